The van der Waals surface area contributed by atoms with Crippen molar-refractivity contribution in [2.45, 2.75) is 25.4 Å². The summed E-state index contributed by atoms with van der Waals surface area (Å²) in [5.41, 5.74) is 1.64. The molecule has 0 unspecified atom stereocenters. The molecular weight excluding hydrogens is 290 g/mol. The van der Waals surface area contributed by atoms with Crippen molar-refractivity contribution >= 4 is 5.91 Å². The predicted molar refractivity (Wildman–Crippen MR) is 86.7 cm³/mol. The van der Waals surface area contributed by atoms with Crippen LogP contribution in [0.1, 0.15) is 40.8 Å². The first-order valence-corrected chi connectivity index (χ1v) is 7.82. The van der Waals surface area contributed by atoms with Crippen LogP contribution in [0.2, 0.25) is 0 Å². The lowest BCUT2D eigenvalue weighted by atomic mass is 10.1. The van der Waals surface area contributed by atoms with Crippen molar-refractivity contribution in [3.05, 3.63) is 53.9 Å². The Labute approximate surface area is 136 Å². The van der Waals surface area contributed by atoms with Gasteiger partial charge in [0.2, 0.25) is 0 Å². The van der Waals surface area contributed by atoms with E-state index in [1.165, 1.54) is 0 Å². The summed E-state index contributed by atoms with van der Waals surface area (Å²) in [5.74, 6) is 0.765. The summed E-state index contributed by atoms with van der Waals surface area (Å²) in [4.78, 5) is 29.7. The molecule has 1 atom stereocenters. The molecule has 120 valence electrons. The minimum Gasteiger partial charge on any atom is -0.328 e. The van der Waals surface area contributed by atoms with E-state index in [1.807, 2.05) is 25.1 Å². The van der Waals surface area contributed by atoms with Crippen molar-refractivity contribution < 1.29 is 4.79 Å². The van der Waals surface area contributed by atoms with Crippen molar-refractivity contribution in [2.75, 3.05) is 20.6 Å². The smallest absolute Gasteiger partial charge is 0.254 e. The molecule has 0 saturated carbocycles. The Hall–Kier alpha value is -2.34. The molecule has 1 aliphatic rings. The van der Waals surface area contributed by atoms with Crippen LogP contribution in [-0.4, -0.2) is 51.3 Å². The van der Waals surface area contributed by atoms with Crippen molar-refractivity contribution in [1.82, 2.24) is 24.8 Å². The summed E-state index contributed by atoms with van der Waals surface area (Å²) in [6.45, 7) is 1.51. The fourth-order valence-corrected chi connectivity index (χ4v) is 2.92. The van der Waals surface area contributed by atoms with Gasteiger partial charge in [0.1, 0.15) is 0 Å². The number of hydrogen-bond donors (Lipinski definition) is 0. The maximum absolute atomic E-state index is 12.7. The number of aromatic nitrogens is 3. The molecule has 2 aromatic rings. The molecule has 1 aliphatic heterocycles. The molecule has 23 heavy (non-hydrogen) atoms. The van der Waals surface area contributed by atoms with E-state index in [1.54, 1.807) is 30.7 Å². The number of nitrogens with zero attached hydrogens (tertiary/aromatic N) is 5. The van der Waals surface area contributed by atoms with Crippen molar-refractivity contribution in [3.63, 3.8) is 0 Å². The Morgan fingerprint density at radius 1 is 1.26 bits per heavy atom. The van der Waals surface area contributed by atoms with Crippen LogP contribution in [0.3, 0.4) is 0 Å². The lowest BCUT2D eigenvalue weighted by molar-refractivity contribution is 0.0729. The second-order valence-corrected chi connectivity index (χ2v) is 6.04. The van der Waals surface area contributed by atoms with Gasteiger partial charge in [-0.3, -0.25) is 9.78 Å². The van der Waals surface area contributed by atoms with Gasteiger partial charge in [-0.05, 0) is 45.1 Å². The minimum atomic E-state index is -0.0437. The van der Waals surface area contributed by atoms with Crippen molar-refractivity contribution in [2.24, 2.45) is 0 Å². The SMILES string of the molecule is CN(C)Cc1ccnc([C@@H]2CCCN2C(=O)c2ccncc2)n1. The fourth-order valence-electron chi connectivity index (χ4n) is 2.92. The molecule has 0 aliphatic carbocycles. The standard InChI is InChI=1S/C17H21N5O/c1-21(2)12-14-7-10-19-16(20-14)15-4-3-11-22(15)17(23)13-5-8-18-9-6-13/h5-10,15H,3-4,11-12H2,1-2H3/t15-/m0/s1. The van der Waals surface area contributed by atoms with E-state index in [-0.39, 0.29) is 11.9 Å². The average molecular weight is 311 g/mol. The Kier molecular flexibility index (Phi) is 4.62. The van der Waals surface area contributed by atoms with E-state index in [0.717, 1.165) is 37.4 Å². The number of carbonyl (C=O) groups is 1. The van der Waals surface area contributed by atoms with Crippen LogP contribution in [0.15, 0.2) is 36.8 Å². The third kappa shape index (κ3) is 3.53. The summed E-state index contributed by atoms with van der Waals surface area (Å²) in [5, 5.41) is 0. The van der Waals surface area contributed by atoms with Gasteiger partial charge < -0.3 is 9.80 Å². The van der Waals surface area contributed by atoms with E-state index in [2.05, 4.69) is 19.9 Å². The van der Waals surface area contributed by atoms with Gasteiger partial charge in [0.15, 0.2) is 5.82 Å². The Bertz CT molecular complexity index is 674. The van der Waals surface area contributed by atoms with Crippen molar-refractivity contribution in [3.8, 4) is 0 Å². The van der Waals surface area contributed by atoms with Gasteiger partial charge in [0.25, 0.3) is 5.91 Å². The molecule has 6 heteroatoms. The van der Waals surface area contributed by atoms with Gasteiger partial charge in [0.05, 0.1) is 11.7 Å². The van der Waals surface area contributed by atoms with E-state index in [4.69, 9.17) is 0 Å². The number of likely N-dealkylation sites (tertiary alicyclic amines) is 1. The molecule has 2 aromatic heterocycles. The molecule has 1 fully saturated rings. The quantitative estimate of drug-likeness (QED) is 0.863. The Morgan fingerprint density at radius 3 is 2.78 bits per heavy atom. The summed E-state index contributed by atoms with van der Waals surface area (Å²) < 4.78 is 0. The number of carbonyl (C=O) groups excluding carboxylic acids is 1. The van der Waals surface area contributed by atoms with Crippen molar-refractivity contribution in [1.29, 1.82) is 0 Å². The molecular formula is C17H21N5O. The first-order valence-electron chi connectivity index (χ1n) is 7.82. The first kappa shape index (κ1) is 15.6. The normalized spacial score (nSPS) is 17.7. The second-order valence-electron chi connectivity index (χ2n) is 6.04. The Morgan fingerprint density at radius 2 is 2.04 bits per heavy atom. The third-order valence-corrected chi connectivity index (χ3v) is 3.95. The van der Waals surface area contributed by atoms with Crippen LogP contribution >= 0.6 is 0 Å². The zero-order chi connectivity index (χ0) is 16.2. The number of hydrogen-bond acceptors (Lipinski definition) is 5. The first-order chi connectivity index (χ1) is 11.1. The van der Waals surface area contributed by atoms with Crippen LogP contribution < -0.4 is 0 Å². The molecule has 0 aromatic carbocycles. The van der Waals surface area contributed by atoms with Crippen LogP contribution in [0, 0.1) is 0 Å². The maximum atomic E-state index is 12.7. The number of rotatable bonds is 4. The lowest BCUT2D eigenvalue weighted by Gasteiger charge is -2.24. The largest absolute Gasteiger partial charge is 0.328 e. The maximum Gasteiger partial charge on any atom is 0.254 e. The highest BCUT2D eigenvalue weighted by atomic mass is 16.2. The highest BCUT2D eigenvalue weighted by molar-refractivity contribution is 5.94. The fraction of sp³-hybridized carbons (Fsp3) is 0.412. The van der Waals surface area contributed by atoms with Crippen LogP contribution in [0.25, 0.3) is 0 Å². The van der Waals surface area contributed by atoms with Crippen LogP contribution in [0.4, 0.5) is 0 Å². The molecule has 6 nitrogen and oxygen atoms in total. The van der Waals surface area contributed by atoms with E-state index < -0.39 is 0 Å². The zero-order valence-electron chi connectivity index (χ0n) is 13.5. The summed E-state index contributed by atoms with van der Waals surface area (Å²) in [6.07, 6.45) is 6.96. The molecule has 0 bridgehead atoms. The molecule has 0 radical (unpaired) electrons. The minimum absolute atomic E-state index is 0.0245. The van der Waals surface area contributed by atoms with Crippen LogP contribution in [-0.2, 0) is 6.54 Å². The summed E-state index contributed by atoms with van der Waals surface area (Å²) in [6, 6.07) is 5.38. The van der Waals surface area contributed by atoms with Gasteiger partial charge in [0, 0.05) is 37.2 Å². The molecule has 1 amide bonds. The van der Waals surface area contributed by atoms with Gasteiger partial charge in [-0.2, -0.15) is 0 Å². The zero-order valence-corrected chi connectivity index (χ0v) is 13.5. The molecule has 0 N–H and O–H groups in total. The highest BCUT2D eigenvalue weighted by Gasteiger charge is 2.32. The number of pyridine rings is 1. The van der Waals surface area contributed by atoms with E-state index in [0.29, 0.717) is 5.56 Å². The van der Waals surface area contributed by atoms with Gasteiger partial charge in [-0.25, -0.2) is 9.97 Å². The summed E-state index contributed by atoms with van der Waals surface area (Å²) >= 11 is 0. The topological polar surface area (TPSA) is 62.2 Å². The molecule has 3 rings (SSSR count). The highest BCUT2D eigenvalue weighted by Crippen LogP contribution is 2.31. The molecule has 1 saturated heterocycles. The van der Waals surface area contributed by atoms with Crippen LogP contribution in [0.5, 0.6) is 0 Å². The van der Waals surface area contributed by atoms with E-state index in [9.17, 15) is 4.79 Å². The second kappa shape index (κ2) is 6.83. The molecule has 3 heterocycles. The van der Waals surface area contributed by atoms with Gasteiger partial charge in [-0.1, -0.05) is 0 Å². The summed E-state index contributed by atoms with van der Waals surface area (Å²) in [7, 11) is 4.02. The van der Waals surface area contributed by atoms with Gasteiger partial charge in [-0.15, -0.1) is 0 Å². The molecule has 0 spiro atoms. The predicted octanol–water partition coefficient (Wildman–Crippen LogP) is 1.91. The lowest BCUT2D eigenvalue weighted by Crippen LogP contribution is -2.31. The number of amides is 1. The monoisotopic (exact) mass is 311 g/mol. The average Bonchev–Trinajstić information content (AvgIpc) is 3.04. The van der Waals surface area contributed by atoms with E-state index >= 15 is 0 Å². The third-order valence-electron chi connectivity index (χ3n) is 3.95. The Balaban J connectivity index is 1.83. The van der Waals surface area contributed by atoms with Gasteiger partial charge >= 0.3 is 0 Å².